The number of carbonyl (C=O) groups excluding carboxylic acids is 1. The molecule has 0 unspecified atom stereocenters. The molecule has 0 radical (unpaired) electrons. The Bertz CT molecular complexity index is 211. The smallest absolute Gasteiger partial charge is 0.405 e. The Kier molecular flexibility index (Phi) is 5.97. The Hall–Kier alpha value is -0.490. The SMILES string of the molecule is CCCCOC(=O)[C@@H](Cl)[C@@H](N)C(F)(F)F. The molecule has 0 saturated heterocycles. The molecule has 0 aromatic heterocycles. The van der Waals surface area contributed by atoms with Crippen LogP contribution in [0.5, 0.6) is 0 Å². The Morgan fingerprint density at radius 1 is 1.53 bits per heavy atom. The maximum Gasteiger partial charge on any atom is 0.405 e. The second-order valence-electron chi connectivity index (χ2n) is 2.99. The molecule has 7 heteroatoms. The van der Waals surface area contributed by atoms with Crippen molar-refractivity contribution in [3.05, 3.63) is 0 Å². The average molecular weight is 248 g/mol. The number of hydrogen-bond acceptors (Lipinski definition) is 3. The van der Waals surface area contributed by atoms with Crippen LogP contribution < -0.4 is 5.73 Å². The summed E-state index contributed by atoms with van der Waals surface area (Å²) in [5, 5.41) is -1.89. The number of esters is 1. The van der Waals surface area contributed by atoms with Crippen molar-refractivity contribution in [1.82, 2.24) is 0 Å². The van der Waals surface area contributed by atoms with Crippen LogP contribution in [-0.2, 0) is 9.53 Å². The van der Waals surface area contributed by atoms with Gasteiger partial charge in [0, 0.05) is 0 Å². The number of hydrogen-bond donors (Lipinski definition) is 1. The molecule has 0 fully saturated rings. The molecule has 2 N–H and O–H groups in total. The third-order valence-electron chi connectivity index (χ3n) is 1.66. The molecule has 15 heavy (non-hydrogen) atoms. The molecule has 0 saturated carbocycles. The van der Waals surface area contributed by atoms with Crippen LogP contribution in [0.3, 0.4) is 0 Å². The van der Waals surface area contributed by atoms with E-state index in [1.54, 1.807) is 0 Å². The number of carbonyl (C=O) groups is 1. The number of unbranched alkanes of at least 4 members (excludes halogenated alkanes) is 1. The summed E-state index contributed by atoms with van der Waals surface area (Å²) in [5.41, 5.74) is 4.74. The molecule has 0 heterocycles. The van der Waals surface area contributed by atoms with E-state index in [2.05, 4.69) is 4.74 Å². The van der Waals surface area contributed by atoms with Crippen LogP contribution in [-0.4, -0.2) is 30.2 Å². The van der Waals surface area contributed by atoms with Crippen molar-refractivity contribution in [2.24, 2.45) is 5.73 Å². The summed E-state index contributed by atoms with van der Waals surface area (Å²) in [4.78, 5) is 11.0. The Morgan fingerprint density at radius 2 is 2.07 bits per heavy atom. The van der Waals surface area contributed by atoms with Crippen LogP contribution in [0.4, 0.5) is 13.2 Å². The Morgan fingerprint density at radius 3 is 2.47 bits per heavy atom. The highest BCUT2D eigenvalue weighted by atomic mass is 35.5. The van der Waals surface area contributed by atoms with Gasteiger partial charge in [0.25, 0.3) is 0 Å². The monoisotopic (exact) mass is 247 g/mol. The Labute approximate surface area is 90.7 Å². The first-order valence-corrected chi connectivity index (χ1v) is 4.87. The molecule has 3 nitrogen and oxygen atoms in total. The normalized spacial score (nSPS) is 15.9. The van der Waals surface area contributed by atoms with E-state index in [9.17, 15) is 18.0 Å². The lowest BCUT2D eigenvalue weighted by molar-refractivity contribution is -0.163. The first-order valence-electron chi connectivity index (χ1n) is 4.43. The van der Waals surface area contributed by atoms with Gasteiger partial charge in [-0.3, -0.25) is 4.79 Å². The van der Waals surface area contributed by atoms with Gasteiger partial charge in [0.1, 0.15) is 6.04 Å². The molecule has 0 aliphatic carbocycles. The zero-order valence-electron chi connectivity index (χ0n) is 8.18. The van der Waals surface area contributed by atoms with Gasteiger partial charge in [-0.05, 0) is 6.42 Å². The van der Waals surface area contributed by atoms with Crippen LogP contribution in [0.25, 0.3) is 0 Å². The number of ether oxygens (including phenoxy) is 1. The average Bonchev–Trinajstić information content (AvgIpc) is 2.14. The summed E-state index contributed by atoms with van der Waals surface area (Å²) in [6, 6.07) is -2.40. The first kappa shape index (κ1) is 14.5. The zero-order chi connectivity index (χ0) is 12.1. The third-order valence-corrected chi connectivity index (χ3v) is 2.11. The predicted molar refractivity (Wildman–Crippen MR) is 49.5 cm³/mol. The maximum atomic E-state index is 12.0. The van der Waals surface area contributed by atoms with Crippen LogP contribution in [0.2, 0.25) is 0 Å². The third kappa shape index (κ3) is 5.22. The fourth-order valence-electron chi connectivity index (χ4n) is 0.709. The summed E-state index contributed by atoms with van der Waals surface area (Å²) in [7, 11) is 0. The van der Waals surface area contributed by atoms with E-state index in [0.717, 1.165) is 6.42 Å². The number of alkyl halides is 4. The van der Waals surface area contributed by atoms with Crippen molar-refractivity contribution < 1.29 is 22.7 Å². The molecule has 0 bridgehead atoms. The summed E-state index contributed by atoms with van der Waals surface area (Å²) in [5.74, 6) is -1.13. The van der Waals surface area contributed by atoms with Crippen molar-refractivity contribution in [3.63, 3.8) is 0 Å². The number of rotatable bonds is 5. The van der Waals surface area contributed by atoms with Crippen LogP contribution in [0.15, 0.2) is 0 Å². The first-order chi connectivity index (χ1) is 6.80. The number of nitrogens with two attached hydrogens (primary N) is 1. The molecular formula is C8H13ClF3NO2. The van der Waals surface area contributed by atoms with E-state index >= 15 is 0 Å². The summed E-state index contributed by atoms with van der Waals surface area (Å²) in [6.07, 6.45) is -3.35. The minimum atomic E-state index is -4.70. The maximum absolute atomic E-state index is 12.0. The van der Waals surface area contributed by atoms with E-state index in [1.807, 2.05) is 6.92 Å². The lowest BCUT2D eigenvalue weighted by Crippen LogP contribution is -2.48. The molecule has 0 spiro atoms. The van der Waals surface area contributed by atoms with Crippen molar-refractivity contribution in [2.75, 3.05) is 6.61 Å². The quantitative estimate of drug-likeness (QED) is 0.458. The summed E-state index contributed by atoms with van der Waals surface area (Å²) < 4.78 is 40.6. The molecule has 0 aliphatic heterocycles. The summed E-state index contributed by atoms with van der Waals surface area (Å²) >= 11 is 5.23. The van der Waals surface area contributed by atoms with Gasteiger partial charge >= 0.3 is 12.1 Å². The topological polar surface area (TPSA) is 52.3 Å². The van der Waals surface area contributed by atoms with Gasteiger partial charge in [-0.15, -0.1) is 11.6 Å². The van der Waals surface area contributed by atoms with Gasteiger partial charge < -0.3 is 10.5 Å². The van der Waals surface area contributed by atoms with E-state index in [0.29, 0.717) is 6.42 Å². The lowest BCUT2D eigenvalue weighted by atomic mass is 10.2. The molecule has 2 atom stereocenters. The molecule has 0 amide bonds. The van der Waals surface area contributed by atoms with Gasteiger partial charge in [0.15, 0.2) is 5.38 Å². The van der Waals surface area contributed by atoms with Gasteiger partial charge in [-0.25, -0.2) is 0 Å². The molecule has 0 aromatic carbocycles. The fourth-order valence-corrected chi connectivity index (χ4v) is 0.915. The van der Waals surface area contributed by atoms with Crippen molar-refractivity contribution in [3.8, 4) is 0 Å². The lowest BCUT2D eigenvalue weighted by Gasteiger charge is -2.19. The highest BCUT2D eigenvalue weighted by molar-refractivity contribution is 6.30. The van der Waals surface area contributed by atoms with E-state index < -0.39 is 23.6 Å². The standard InChI is InChI=1S/C8H13ClF3NO2/c1-2-3-4-15-7(14)5(9)6(13)8(10,11)12/h5-6H,2-4,13H2,1H3/t5-,6+/m0/s1. The molecule has 0 aromatic rings. The van der Waals surface area contributed by atoms with Crippen LogP contribution >= 0.6 is 11.6 Å². The van der Waals surface area contributed by atoms with Crippen molar-refractivity contribution in [2.45, 2.75) is 37.4 Å². The van der Waals surface area contributed by atoms with E-state index in [4.69, 9.17) is 17.3 Å². The Balaban J connectivity index is 4.08. The van der Waals surface area contributed by atoms with Crippen LogP contribution in [0, 0.1) is 0 Å². The predicted octanol–water partition coefficient (Wildman–Crippen LogP) is 1.83. The van der Waals surface area contributed by atoms with E-state index in [1.165, 1.54) is 0 Å². The minimum absolute atomic E-state index is 0.0587. The van der Waals surface area contributed by atoms with Gasteiger partial charge in [-0.1, -0.05) is 13.3 Å². The van der Waals surface area contributed by atoms with Gasteiger partial charge in [0.05, 0.1) is 6.61 Å². The second kappa shape index (κ2) is 6.17. The van der Waals surface area contributed by atoms with Crippen molar-refractivity contribution in [1.29, 1.82) is 0 Å². The molecule has 0 rings (SSSR count). The minimum Gasteiger partial charge on any atom is -0.465 e. The molecule has 0 aliphatic rings. The van der Waals surface area contributed by atoms with Crippen molar-refractivity contribution >= 4 is 17.6 Å². The fraction of sp³-hybridized carbons (Fsp3) is 0.875. The second-order valence-corrected chi connectivity index (χ2v) is 3.46. The number of halogens is 4. The van der Waals surface area contributed by atoms with Gasteiger partial charge in [0.2, 0.25) is 0 Å². The molecular weight excluding hydrogens is 235 g/mol. The zero-order valence-corrected chi connectivity index (χ0v) is 8.94. The highest BCUT2D eigenvalue weighted by Crippen LogP contribution is 2.23. The highest BCUT2D eigenvalue weighted by Gasteiger charge is 2.44. The molecule has 90 valence electrons. The van der Waals surface area contributed by atoms with E-state index in [-0.39, 0.29) is 6.61 Å². The van der Waals surface area contributed by atoms with Gasteiger partial charge in [-0.2, -0.15) is 13.2 Å². The largest absolute Gasteiger partial charge is 0.465 e. The summed E-state index contributed by atoms with van der Waals surface area (Å²) in [6.45, 7) is 1.91. The van der Waals surface area contributed by atoms with Crippen LogP contribution in [0.1, 0.15) is 19.8 Å².